The molecule has 6 heteroatoms. The van der Waals surface area contributed by atoms with Crippen LogP contribution < -0.4 is 5.32 Å². The van der Waals surface area contributed by atoms with Gasteiger partial charge in [0.2, 0.25) is 0 Å². The molecular weight excluding hydrogens is 315 g/mol. The highest BCUT2D eigenvalue weighted by molar-refractivity contribution is 5.91. The Kier molecular flexibility index (Phi) is 4.94. The molecule has 2 heterocycles. The fourth-order valence-electron chi connectivity index (χ4n) is 3.31. The molecule has 3 nitrogen and oxygen atoms in total. The molecule has 0 atom stereocenters. The second-order valence-corrected chi connectivity index (χ2v) is 6.54. The molecule has 1 aromatic heterocycles. The number of hydrogen-bond donors (Lipinski definition) is 1. The van der Waals surface area contributed by atoms with Crippen LogP contribution in [-0.4, -0.2) is 42.2 Å². The summed E-state index contributed by atoms with van der Waals surface area (Å²) in [5.41, 5.74) is 2.96. The van der Waals surface area contributed by atoms with Crippen molar-refractivity contribution in [2.75, 3.05) is 31.5 Å². The topological polar surface area (TPSA) is 28.2 Å². The van der Waals surface area contributed by atoms with Crippen LogP contribution in [0.2, 0.25) is 0 Å². The highest BCUT2D eigenvalue weighted by Gasteiger charge is 2.32. The van der Waals surface area contributed by atoms with Gasteiger partial charge in [0.25, 0.3) is 0 Å². The van der Waals surface area contributed by atoms with Gasteiger partial charge >= 0.3 is 6.18 Å². The number of aromatic nitrogens is 1. The first-order valence-electron chi connectivity index (χ1n) is 8.30. The monoisotopic (exact) mass is 337 g/mol. The molecule has 0 aliphatic carbocycles. The van der Waals surface area contributed by atoms with Gasteiger partial charge in [0.15, 0.2) is 0 Å². The van der Waals surface area contributed by atoms with E-state index in [0.717, 1.165) is 41.7 Å². The fourth-order valence-corrected chi connectivity index (χ4v) is 3.31. The zero-order valence-corrected chi connectivity index (χ0v) is 13.7. The van der Waals surface area contributed by atoms with E-state index in [-0.39, 0.29) is 0 Å². The van der Waals surface area contributed by atoms with E-state index in [9.17, 15) is 13.2 Å². The van der Waals surface area contributed by atoms with Gasteiger partial charge in [0.1, 0.15) is 0 Å². The van der Waals surface area contributed by atoms with Crippen LogP contribution >= 0.6 is 0 Å². The van der Waals surface area contributed by atoms with E-state index >= 15 is 0 Å². The van der Waals surface area contributed by atoms with Crippen molar-refractivity contribution < 1.29 is 13.2 Å². The summed E-state index contributed by atoms with van der Waals surface area (Å²) in [6, 6.07) is 10.0. The first kappa shape index (κ1) is 17.0. The van der Waals surface area contributed by atoms with Crippen molar-refractivity contribution in [1.29, 1.82) is 0 Å². The summed E-state index contributed by atoms with van der Waals surface area (Å²) in [7, 11) is 0. The van der Waals surface area contributed by atoms with E-state index < -0.39 is 12.7 Å². The number of piperidine rings is 1. The summed E-state index contributed by atoms with van der Waals surface area (Å²) in [6.07, 6.45) is -2.51. The molecule has 24 heavy (non-hydrogen) atoms. The van der Waals surface area contributed by atoms with Crippen LogP contribution in [0.5, 0.6) is 0 Å². The molecule has 0 saturated carbocycles. The molecule has 1 N–H and O–H groups in total. The Morgan fingerprint density at radius 1 is 1.21 bits per heavy atom. The van der Waals surface area contributed by atoms with Crippen LogP contribution in [0.1, 0.15) is 18.5 Å². The predicted molar refractivity (Wildman–Crippen MR) is 90.2 cm³/mol. The van der Waals surface area contributed by atoms with Crippen molar-refractivity contribution in [2.45, 2.75) is 25.9 Å². The van der Waals surface area contributed by atoms with Crippen LogP contribution in [0.25, 0.3) is 10.9 Å². The summed E-state index contributed by atoms with van der Waals surface area (Å²) >= 11 is 0. The molecule has 130 valence electrons. The van der Waals surface area contributed by atoms with Crippen molar-refractivity contribution in [3.05, 3.63) is 36.0 Å². The molecule has 0 bridgehead atoms. The van der Waals surface area contributed by atoms with Gasteiger partial charge in [-0.3, -0.25) is 9.88 Å². The van der Waals surface area contributed by atoms with Gasteiger partial charge in [-0.15, -0.1) is 0 Å². The SMILES string of the molecule is Cc1cc(NCC2CCN(CC(F)(F)F)CC2)c2ccccc2n1. The molecule has 0 radical (unpaired) electrons. The molecule has 2 aromatic rings. The lowest BCUT2D eigenvalue weighted by molar-refractivity contribution is -0.148. The maximum atomic E-state index is 12.4. The fraction of sp³-hybridized carbons (Fsp3) is 0.500. The lowest BCUT2D eigenvalue weighted by Gasteiger charge is -2.32. The first-order valence-corrected chi connectivity index (χ1v) is 8.30. The first-order chi connectivity index (χ1) is 11.4. The zero-order chi connectivity index (χ0) is 17.2. The zero-order valence-electron chi connectivity index (χ0n) is 13.7. The minimum Gasteiger partial charge on any atom is -0.384 e. The van der Waals surface area contributed by atoms with Gasteiger partial charge in [0, 0.05) is 23.3 Å². The summed E-state index contributed by atoms with van der Waals surface area (Å²) in [5.74, 6) is 0.404. The molecule has 1 aliphatic rings. The molecular formula is C18H22F3N3. The minimum absolute atomic E-state index is 0.404. The average molecular weight is 337 g/mol. The Morgan fingerprint density at radius 2 is 1.92 bits per heavy atom. The van der Waals surface area contributed by atoms with Gasteiger partial charge in [0.05, 0.1) is 12.1 Å². The number of nitrogens with zero attached hydrogens (tertiary/aromatic N) is 2. The summed E-state index contributed by atoms with van der Waals surface area (Å²) in [6.45, 7) is 2.99. The van der Waals surface area contributed by atoms with Gasteiger partial charge in [-0.1, -0.05) is 18.2 Å². The van der Waals surface area contributed by atoms with E-state index in [4.69, 9.17) is 0 Å². The van der Waals surface area contributed by atoms with Crippen molar-refractivity contribution in [1.82, 2.24) is 9.88 Å². The number of halogens is 3. The smallest absolute Gasteiger partial charge is 0.384 e. The number of para-hydroxylation sites is 1. The Balaban J connectivity index is 1.58. The van der Waals surface area contributed by atoms with Crippen molar-refractivity contribution in [3.8, 4) is 0 Å². The third kappa shape index (κ3) is 4.38. The van der Waals surface area contributed by atoms with Crippen molar-refractivity contribution in [3.63, 3.8) is 0 Å². The van der Waals surface area contributed by atoms with E-state index in [1.807, 2.05) is 37.3 Å². The maximum absolute atomic E-state index is 12.4. The summed E-state index contributed by atoms with van der Waals surface area (Å²) in [5, 5.41) is 4.56. The summed E-state index contributed by atoms with van der Waals surface area (Å²) < 4.78 is 37.3. The average Bonchev–Trinajstić information content (AvgIpc) is 2.52. The van der Waals surface area contributed by atoms with Gasteiger partial charge in [-0.05, 0) is 50.9 Å². The van der Waals surface area contributed by atoms with E-state index in [1.54, 1.807) is 0 Å². The van der Waals surface area contributed by atoms with E-state index in [0.29, 0.717) is 19.0 Å². The number of anilines is 1. The molecule has 3 rings (SSSR count). The maximum Gasteiger partial charge on any atom is 0.401 e. The predicted octanol–water partition coefficient (Wildman–Crippen LogP) is 4.23. The summed E-state index contributed by atoms with van der Waals surface area (Å²) in [4.78, 5) is 6.02. The van der Waals surface area contributed by atoms with Crippen LogP contribution in [0, 0.1) is 12.8 Å². The van der Waals surface area contributed by atoms with Crippen LogP contribution in [0.15, 0.2) is 30.3 Å². The highest BCUT2D eigenvalue weighted by Crippen LogP contribution is 2.26. The number of alkyl halides is 3. The molecule has 0 amide bonds. The number of likely N-dealkylation sites (tertiary alicyclic amines) is 1. The van der Waals surface area contributed by atoms with Crippen molar-refractivity contribution >= 4 is 16.6 Å². The lowest BCUT2D eigenvalue weighted by Crippen LogP contribution is -2.41. The third-order valence-electron chi connectivity index (χ3n) is 4.54. The normalized spacial score (nSPS) is 17.3. The Hall–Kier alpha value is -1.82. The number of nitrogens with one attached hydrogen (secondary N) is 1. The largest absolute Gasteiger partial charge is 0.401 e. The number of rotatable bonds is 4. The Labute approximate surface area is 139 Å². The van der Waals surface area contributed by atoms with Gasteiger partial charge in [-0.2, -0.15) is 13.2 Å². The number of pyridine rings is 1. The van der Waals surface area contributed by atoms with Crippen LogP contribution in [0.4, 0.5) is 18.9 Å². The number of fused-ring (bicyclic) bond motifs is 1. The number of benzene rings is 1. The number of hydrogen-bond acceptors (Lipinski definition) is 3. The molecule has 1 saturated heterocycles. The van der Waals surface area contributed by atoms with Gasteiger partial charge < -0.3 is 5.32 Å². The standard InChI is InChI=1S/C18H22F3N3/c1-13-10-17(15-4-2-3-5-16(15)23-13)22-11-14-6-8-24(9-7-14)12-18(19,20)21/h2-5,10,14H,6-9,11-12H2,1H3,(H,22,23). The minimum atomic E-state index is -4.10. The molecule has 1 aliphatic heterocycles. The molecule has 0 spiro atoms. The van der Waals surface area contributed by atoms with E-state index in [1.165, 1.54) is 4.90 Å². The molecule has 1 fully saturated rings. The third-order valence-corrected chi connectivity index (χ3v) is 4.54. The molecule has 0 unspecified atom stereocenters. The second-order valence-electron chi connectivity index (χ2n) is 6.54. The quantitative estimate of drug-likeness (QED) is 0.905. The Bertz CT molecular complexity index is 691. The van der Waals surface area contributed by atoms with Crippen LogP contribution in [0.3, 0.4) is 0 Å². The molecule has 1 aromatic carbocycles. The van der Waals surface area contributed by atoms with Gasteiger partial charge in [-0.25, -0.2) is 0 Å². The lowest BCUT2D eigenvalue weighted by atomic mass is 9.96. The second kappa shape index (κ2) is 6.97. The van der Waals surface area contributed by atoms with E-state index in [2.05, 4.69) is 10.3 Å². The van der Waals surface area contributed by atoms with Crippen molar-refractivity contribution in [2.24, 2.45) is 5.92 Å². The van der Waals surface area contributed by atoms with Crippen LogP contribution in [-0.2, 0) is 0 Å². The Morgan fingerprint density at radius 3 is 2.62 bits per heavy atom. The number of aryl methyl sites for hydroxylation is 1. The highest BCUT2D eigenvalue weighted by atomic mass is 19.4.